The van der Waals surface area contributed by atoms with E-state index in [0.717, 1.165) is 5.52 Å². The van der Waals surface area contributed by atoms with Crippen LogP contribution in [-0.2, 0) is 10.8 Å². The van der Waals surface area contributed by atoms with Crippen molar-refractivity contribution in [2.24, 2.45) is 0 Å². The van der Waals surface area contributed by atoms with E-state index < -0.39 is 0 Å². The van der Waals surface area contributed by atoms with Gasteiger partial charge in [0.1, 0.15) is 0 Å². The van der Waals surface area contributed by atoms with Gasteiger partial charge in [-0.3, -0.25) is 4.98 Å². The van der Waals surface area contributed by atoms with Crippen LogP contribution >= 0.6 is 0 Å². The number of para-hydroxylation sites is 1. The zero-order valence-electron chi connectivity index (χ0n) is 14.7. The Balaban J connectivity index is 2.90. The van der Waals surface area contributed by atoms with Gasteiger partial charge in [-0.05, 0) is 22.0 Å². The number of benzene rings is 1. The van der Waals surface area contributed by atoms with Gasteiger partial charge in [0.15, 0.2) is 0 Å². The molecule has 0 amide bonds. The molecule has 0 saturated carbocycles. The third-order valence-electron chi connectivity index (χ3n) is 3.93. The third kappa shape index (κ3) is 2.90. The molecule has 21 heavy (non-hydrogen) atoms. The van der Waals surface area contributed by atoms with E-state index in [1.807, 2.05) is 0 Å². The summed E-state index contributed by atoms with van der Waals surface area (Å²) in [5.74, 6) is 0. The van der Waals surface area contributed by atoms with Gasteiger partial charge in [-0.2, -0.15) is 0 Å². The Hall–Kier alpha value is -1.57. The van der Waals surface area contributed by atoms with Crippen molar-refractivity contribution >= 4 is 16.6 Å². The zero-order valence-corrected chi connectivity index (χ0v) is 14.7. The fourth-order valence-electron chi connectivity index (χ4n) is 2.84. The molecule has 0 aliphatic heterocycles. The van der Waals surface area contributed by atoms with E-state index in [9.17, 15) is 0 Å². The summed E-state index contributed by atoms with van der Waals surface area (Å²) in [5.41, 5.74) is 5.20. The Morgan fingerprint density at radius 2 is 1.43 bits per heavy atom. The van der Waals surface area contributed by atoms with Crippen molar-refractivity contribution < 1.29 is 0 Å². The molecule has 0 N–H and O–H groups in total. The molecule has 1 aromatic carbocycles. The quantitative estimate of drug-likeness (QED) is 0.740. The van der Waals surface area contributed by atoms with Crippen molar-refractivity contribution in [3.63, 3.8) is 0 Å². The first kappa shape index (κ1) is 15.8. The number of aromatic nitrogens is 1. The highest BCUT2D eigenvalue weighted by molar-refractivity contribution is 5.95. The fourth-order valence-corrected chi connectivity index (χ4v) is 2.84. The second kappa shape index (κ2) is 5.01. The molecule has 0 unspecified atom stereocenters. The average molecular weight is 284 g/mol. The summed E-state index contributed by atoms with van der Waals surface area (Å²) in [6.45, 7) is 13.5. The summed E-state index contributed by atoms with van der Waals surface area (Å²) in [5, 5.41) is 1.25. The van der Waals surface area contributed by atoms with Gasteiger partial charge in [-0.1, -0.05) is 59.7 Å². The van der Waals surface area contributed by atoms with E-state index in [-0.39, 0.29) is 10.8 Å². The van der Waals surface area contributed by atoms with Crippen LogP contribution in [0.15, 0.2) is 24.4 Å². The lowest BCUT2D eigenvalue weighted by Crippen LogP contribution is -2.21. The number of anilines is 1. The van der Waals surface area contributed by atoms with Crippen molar-refractivity contribution in [2.45, 2.75) is 52.4 Å². The van der Waals surface area contributed by atoms with E-state index in [2.05, 4.69) is 84.9 Å². The lowest BCUT2D eigenvalue weighted by atomic mass is 9.82. The first-order valence-corrected chi connectivity index (χ1v) is 7.63. The molecule has 0 radical (unpaired) electrons. The normalized spacial score (nSPS) is 12.8. The van der Waals surface area contributed by atoms with Crippen molar-refractivity contribution in [3.8, 4) is 0 Å². The molecule has 0 spiro atoms. The molecule has 2 aromatic rings. The van der Waals surface area contributed by atoms with Crippen LogP contribution in [0.2, 0.25) is 0 Å². The number of nitrogens with zero attached hydrogens (tertiary/aromatic N) is 2. The maximum atomic E-state index is 4.83. The van der Waals surface area contributed by atoms with Crippen molar-refractivity contribution in [1.29, 1.82) is 0 Å². The molecule has 2 rings (SSSR count). The second-order valence-electron chi connectivity index (χ2n) is 8.12. The average Bonchev–Trinajstić information content (AvgIpc) is 2.33. The molecule has 1 aromatic heterocycles. The summed E-state index contributed by atoms with van der Waals surface area (Å²) in [6, 6.07) is 6.55. The molecule has 0 fully saturated rings. The van der Waals surface area contributed by atoms with Crippen LogP contribution in [0.25, 0.3) is 10.9 Å². The van der Waals surface area contributed by atoms with Crippen LogP contribution in [0, 0.1) is 0 Å². The predicted octanol–water partition coefficient (Wildman–Crippen LogP) is 4.90. The van der Waals surface area contributed by atoms with Gasteiger partial charge in [0.05, 0.1) is 11.2 Å². The van der Waals surface area contributed by atoms with Gasteiger partial charge >= 0.3 is 0 Å². The minimum absolute atomic E-state index is 0.0819. The topological polar surface area (TPSA) is 16.1 Å². The van der Waals surface area contributed by atoms with E-state index in [0.29, 0.717) is 0 Å². The molecule has 0 aliphatic carbocycles. The van der Waals surface area contributed by atoms with Gasteiger partial charge in [0.25, 0.3) is 0 Å². The Morgan fingerprint density at radius 3 is 1.90 bits per heavy atom. The highest BCUT2D eigenvalue weighted by Crippen LogP contribution is 2.38. The monoisotopic (exact) mass is 284 g/mol. The zero-order chi connectivity index (χ0) is 16.0. The summed E-state index contributed by atoms with van der Waals surface area (Å²) in [7, 11) is 4.24. The molecule has 0 aliphatic rings. The molecular formula is C19H28N2. The number of hydrogen-bond donors (Lipinski definition) is 0. The molecule has 2 heteroatoms. The largest absolute Gasteiger partial charge is 0.377 e. The standard InChI is InChI=1S/C19H28N2/c1-18(2,3)14-11-9-10-13-16(14)20-12-15(19(4,5)6)17(13)21(7)8/h9-12H,1-8H3. The Morgan fingerprint density at radius 1 is 0.857 bits per heavy atom. The SMILES string of the molecule is CN(C)c1c(C(C)(C)C)cnc2c(C(C)(C)C)cccc12. The molecule has 0 atom stereocenters. The van der Waals surface area contributed by atoms with E-state index in [1.54, 1.807) is 0 Å². The van der Waals surface area contributed by atoms with Gasteiger partial charge in [-0.15, -0.1) is 0 Å². The first-order chi connectivity index (χ1) is 9.53. The minimum Gasteiger partial charge on any atom is -0.377 e. The van der Waals surface area contributed by atoms with E-state index >= 15 is 0 Å². The Kier molecular flexibility index (Phi) is 3.77. The molecule has 0 bridgehead atoms. The summed E-state index contributed by atoms with van der Waals surface area (Å²) < 4.78 is 0. The Bertz CT molecular complexity index is 656. The van der Waals surface area contributed by atoms with Gasteiger partial charge in [0, 0.05) is 25.7 Å². The number of fused-ring (bicyclic) bond motifs is 1. The smallest absolute Gasteiger partial charge is 0.0760 e. The fraction of sp³-hybridized carbons (Fsp3) is 0.526. The number of pyridine rings is 1. The van der Waals surface area contributed by atoms with Crippen LogP contribution in [0.4, 0.5) is 5.69 Å². The lowest BCUT2D eigenvalue weighted by molar-refractivity contribution is 0.586. The number of rotatable bonds is 1. The maximum Gasteiger partial charge on any atom is 0.0760 e. The minimum atomic E-state index is 0.0819. The van der Waals surface area contributed by atoms with Crippen molar-refractivity contribution in [3.05, 3.63) is 35.5 Å². The highest BCUT2D eigenvalue weighted by atomic mass is 15.1. The van der Waals surface area contributed by atoms with E-state index in [4.69, 9.17) is 4.98 Å². The van der Waals surface area contributed by atoms with Gasteiger partial charge < -0.3 is 4.90 Å². The van der Waals surface area contributed by atoms with Crippen LogP contribution in [0.5, 0.6) is 0 Å². The van der Waals surface area contributed by atoms with Crippen LogP contribution < -0.4 is 4.90 Å². The lowest BCUT2D eigenvalue weighted by Gasteiger charge is -2.29. The number of hydrogen-bond acceptors (Lipinski definition) is 2. The van der Waals surface area contributed by atoms with Crippen LogP contribution in [-0.4, -0.2) is 19.1 Å². The third-order valence-corrected chi connectivity index (χ3v) is 3.93. The highest BCUT2D eigenvalue weighted by Gasteiger charge is 2.24. The summed E-state index contributed by atoms with van der Waals surface area (Å²) in [4.78, 5) is 7.05. The van der Waals surface area contributed by atoms with E-state index in [1.165, 1.54) is 22.2 Å². The first-order valence-electron chi connectivity index (χ1n) is 7.63. The molecular weight excluding hydrogens is 256 g/mol. The molecule has 0 saturated heterocycles. The molecule has 1 heterocycles. The van der Waals surface area contributed by atoms with Gasteiger partial charge in [0.2, 0.25) is 0 Å². The van der Waals surface area contributed by atoms with Crippen molar-refractivity contribution in [1.82, 2.24) is 4.98 Å². The molecule has 2 nitrogen and oxygen atoms in total. The van der Waals surface area contributed by atoms with Crippen LogP contribution in [0.3, 0.4) is 0 Å². The van der Waals surface area contributed by atoms with Crippen molar-refractivity contribution in [2.75, 3.05) is 19.0 Å². The molecule has 114 valence electrons. The summed E-state index contributed by atoms with van der Waals surface area (Å²) in [6.07, 6.45) is 2.06. The maximum absolute atomic E-state index is 4.83. The van der Waals surface area contributed by atoms with Crippen LogP contribution in [0.1, 0.15) is 52.7 Å². The summed E-state index contributed by atoms with van der Waals surface area (Å²) >= 11 is 0. The second-order valence-corrected chi connectivity index (χ2v) is 8.12. The Labute approximate surface area is 129 Å². The van der Waals surface area contributed by atoms with Gasteiger partial charge in [-0.25, -0.2) is 0 Å². The predicted molar refractivity (Wildman–Crippen MR) is 93.5 cm³/mol.